The predicted molar refractivity (Wildman–Crippen MR) is 113 cm³/mol. The van der Waals surface area contributed by atoms with Crippen LogP contribution in [0.5, 0.6) is 5.75 Å². The molecule has 0 unspecified atom stereocenters. The molecule has 0 spiro atoms. The van der Waals surface area contributed by atoms with Gasteiger partial charge in [-0.2, -0.15) is 0 Å². The van der Waals surface area contributed by atoms with Gasteiger partial charge in [0.05, 0.1) is 24.5 Å². The summed E-state index contributed by atoms with van der Waals surface area (Å²) in [5.41, 5.74) is 7.68. The molecule has 1 aromatic carbocycles. The predicted octanol–water partition coefficient (Wildman–Crippen LogP) is 3.73. The number of ether oxygens (including phenoxy) is 1. The number of hydrogen-bond donors (Lipinski definition) is 3. The van der Waals surface area contributed by atoms with Gasteiger partial charge in [0, 0.05) is 11.5 Å². The maximum absolute atomic E-state index is 12.9. The number of carbonyl (C=O) groups is 1. The van der Waals surface area contributed by atoms with E-state index in [1.807, 2.05) is 30.5 Å². The molecule has 1 aromatic heterocycles. The smallest absolute Gasteiger partial charge is 0.223 e. The van der Waals surface area contributed by atoms with Crippen molar-refractivity contribution in [3.63, 3.8) is 0 Å². The Morgan fingerprint density at radius 3 is 2.86 bits per heavy atom. The number of nitrogens with two attached hydrogens (primary N) is 1. The van der Waals surface area contributed by atoms with Crippen LogP contribution in [0.4, 0.5) is 0 Å². The van der Waals surface area contributed by atoms with Gasteiger partial charge < -0.3 is 20.8 Å². The lowest BCUT2D eigenvalue weighted by Gasteiger charge is -2.28. The summed E-state index contributed by atoms with van der Waals surface area (Å²) in [5, 5.41) is 3.25. The van der Waals surface area contributed by atoms with Crippen molar-refractivity contribution in [3.05, 3.63) is 48.4 Å². The minimum Gasteiger partial charge on any atom is -0.493 e. The first-order chi connectivity index (χ1) is 14.2. The highest BCUT2D eigenvalue weighted by Gasteiger charge is 2.28. The average molecular weight is 395 g/mol. The van der Waals surface area contributed by atoms with Crippen molar-refractivity contribution in [1.29, 1.82) is 0 Å². The summed E-state index contributed by atoms with van der Waals surface area (Å²) < 4.78 is 5.94. The number of nitrogens with one attached hydrogen (secondary N) is 2. The molecule has 0 radical (unpaired) electrons. The van der Waals surface area contributed by atoms with Gasteiger partial charge in [-0.25, -0.2) is 4.98 Å². The second-order valence-corrected chi connectivity index (χ2v) is 8.04. The third-order valence-electron chi connectivity index (χ3n) is 6.05. The first kappa shape index (κ1) is 19.7. The molecular formula is C23H30N4O2. The number of amides is 1. The molecule has 4 N–H and O–H groups in total. The number of hydrogen-bond acceptors (Lipinski definition) is 4. The number of rotatable bonds is 3. The fourth-order valence-electron chi connectivity index (χ4n) is 4.24. The minimum atomic E-state index is -0.160. The Balaban J connectivity index is 1.53. The van der Waals surface area contributed by atoms with Crippen molar-refractivity contribution in [3.8, 4) is 17.0 Å². The zero-order valence-corrected chi connectivity index (χ0v) is 16.8. The second kappa shape index (κ2) is 9.27. The topological polar surface area (TPSA) is 93.0 Å². The zero-order chi connectivity index (χ0) is 20.1. The summed E-state index contributed by atoms with van der Waals surface area (Å²) in [6.45, 7) is 1.35. The number of nitrogens with zero attached hydrogens (tertiary/aromatic N) is 1. The van der Waals surface area contributed by atoms with Crippen molar-refractivity contribution in [2.75, 3.05) is 13.2 Å². The molecule has 2 bridgehead atoms. The molecular weight excluding hydrogens is 364 g/mol. The van der Waals surface area contributed by atoms with Gasteiger partial charge in [-0.05, 0) is 63.1 Å². The molecule has 1 aliphatic heterocycles. The van der Waals surface area contributed by atoms with Crippen LogP contribution < -0.4 is 15.8 Å². The number of fused-ring (bicyclic) bond motifs is 4. The number of para-hydroxylation sites is 1. The highest BCUT2D eigenvalue weighted by molar-refractivity contribution is 5.79. The van der Waals surface area contributed by atoms with Crippen molar-refractivity contribution in [2.24, 2.45) is 17.6 Å². The van der Waals surface area contributed by atoms with E-state index in [1.165, 1.54) is 0 Å². The van der Waals surface area contributed by atoms with E-state index in [2.05, 4.69) is 27.4 Å². The van der Waals surface area contributed by atoms with Gasteiger partial charge in [0.1, 0.15) is 11.6 Å². The zero-order valence-electron chi connectivity index (χ0n) is 16.8. The van der Waals surface area contributed by atoms with Gasteiger partial charge in [-0.3, -0.25) is 4.79 Å². The van der Waals surface area contributed by atoms with Gasteiger partial charge in [0.15, 0.2) is 0 Å². The van der Waals surface area contributed by atoms with Gasteiger partial charge in [0.25, 0.3) is 0 Å². The molecule has 6 heteroatoms. The summed E-state index contributed by atoms with van der Waals surface area (Å²) in [6, 6.07) is 7.80. The monoisotopic (exact) mass is 394 g/mol. The molecule has 1 aliphatic carbocycles. The minimum absolute atomic E-state index is 0.0757. The van der Waals surface area contributed by atoms with Gasteiger partial charge in [-0.15, -0.1) is 0 Å². The van der Waals surface area contributed by atoms with Crippen LogP contribution >= 0.6 is 0 Å². The SMILES string of the molecule is NCC1CCC(C(=O)N[C@H]2CC=CCCOc3ccccc3-c3cnc2[nH]3)CC1. The lowest BCUT2D eigenvalue weighted by Crippen LogP contribution is -2.36. The Morgan fingerprint density at radius 1 is 1.21 bits per heavy atom. The average Bonchev–Trinajstić information content (AvgIpc) is 3.25. The van der Waals surface area contributed by atoms with E-state index in [0.717, 1.165) is 61.5 Å². The molecule has 1 amide bonds. The van der Waals surface area contributed by atoms with E-state index in [1.54, 1.807) is 0 Å². The van der Waals surface area contributed by atoms with Crippen molar-refractivity contribution >= 4 is 5.91 Å². The fourth-order valence-corrected chi connectivity index (χ4v) is 4.24. The Morgan fingerprint density at radius 2 is 2.03 bits per heavy atom. The van der Waals surface area contributed by atoms with Crippen LogP contribution in [-0.2, 0) is 4.79 Å². The molecule has 0 saturated heterocycles. The van der Waals surface area contributed by atoms with E-state index in [-0.39, 0.29) is 17.9 Å². The highest BCUT2D eigenvalue weighted by Crippen LogP contribution is 2.31. The Labute approximate surface area is 171 Å². The summed E-state index contributed by atoms with van der Waals surface area (Å²) >= 11 is 0. The van der Waals surface area contributed by atoms with Crippen molar-refractivity contribution < 1.29 is 9.53 Å². The van der Waals surface area contributed by atoms with E-state index in [9.17, 15) is 4.79 Å². The third kappa shape index (κ3) is 4.70. The molecule has 6 nitrogen and oxygen atoms in total. The van der Waals surface area contributed by atoms with Gasteiger partial charge in [-0.1, -0.05) is 24.3 Å². The van der Waals surface area contributed by atoms with Gasteiger partial charge in [0.2, 0.25) is 5.91 Å². The van der Waals surface area contributed by atoms with Crippen LogP contribution in [0.1, 0.15) is 50.4 Å². The van der Waals surface area contributed by atoms with Gasteiger partial charge >= 0.3 is 0 Å². The molecule has 2 heterocycles. The number of aromatic amines is 1. The third-order valence-corrected chi connectivity index (χ3v) is 6.05. The van der Waals surface area contributed by atoms with Crippen LogP contribution in [0, 0.1) is 11.8 Å². The molecule has 4 rings (SSSR count). The standard InChI is InChI=1S/C23H30N4O2/c24-14-16-9-11-17(12-10-16)23(28)27-19-7-2-1-5-13-29-21-8-4-3-6-18(21)20-15-25-22(19)26-20/h1-4,6,8,15-17,19H,5,7,9-14,24H2,(H,25,26)(H,27,28)/t16?,17?,19-/m0/s1. The first-order valence-corrected chi connectivity index (χ1v) is 10.7. The molecule has 29 heavy (non-hydrogen) atoms. The lowest BCUT2D eigenvalue weighted by molar-refractivity contribution is -0.127. The Bertz CT molecular complexity index is 852. The van der Waals surface area contributed by atoms with Crippen molar-refractivity contribution in [1.82, 2.24) is 15.3 Å². The Hall–Kier alpha value is -2.60. The van der Waals surface area contributed by atoms with Crippen LogP contribution in [-0.4, -0.2) is 29.0 Å². The summed E-state index contributed by atoms with van der Waals surface area (Å²) in [5.74, 6) is 2.40. The van der Waals surface area contributed by atoms with Crippen molar-refractivity contribution in [2.45, 2.75) is 44.6 Å². The lowest BCUT2D eigenvalue weighted by atomic mass is 9.81. The molecule has 1 fully saturated rings. The summed E-state index contributed by atoms with van der Waals surface area (Å²) in [4.78, 5) is 20.9. The number of benzene rings is 1. The Kier molecular flexibility index (Phi) is 6.30. The quantitative estimate of drug-likeness (QED) is 0.692. The van der Waals surface area contributed by atoms with E-state index < -0.39 is 0 Å². The van der Waals surface area contributed by atoms with Crippen LogP contribution in [0.15, 0.2) is 42.6 Å². The molecule has 2 aliphatic rings. The summed E-state index contributed by atoms with van der Waals surface area (Å²) in [7, 11) is 0. The fraction of sp³-hybridized carbons (Fsp3) is 0.478. The maximum Gasteiger partial charge on any atom is 0.223 e. The highest BCUT2D eigenvalue weighted by atomic mass is 16.5. The normalized spacial score (nSPS) is 24.5. The number of imidazole rings is 1. The second-order valence-electron chi connectivity index (χ2n) is 8.04. The number of carbonyl (C=O) groups excluding carboxylic acids is 1. The van der Waals surface area contributed by atoms with Crippen LogP contribution in [0.25, 0.3) is 11.3 Å². The number of H-pyrrole nitrogens is 1. The van der Waals surface area contributed by atoms with E-state index in [4.69, 9.17) is 10.5 Å². The molecule has 1 saturated carbocycles. The van der Waals surface area contributed by atoms with E-state index >= 15 is 0 Å². The maximum atomic E-state index is 12.9. The first-order valence-electron chi connectivity index (χ1n) is 10.7. The van der Waals surface area contributed by atoms with Crippen LogP contribution in [0.3, 0.4) is 0 Å². The number of aromatic nitrogens is 2. The molecule has 2 aromatic rings. The molecule has 1 atom stereocenters. The van der Waals surface area contributed by atoms with Crippen LogP contribution in [0.2, 0.25) is 0 Å². The largest absolute Gasteiger partial charge is 0.493 e. The summed E-state index contributed by atoms with van der Waals surface area (Å²) in [6.07, 6.45) is 11.5. The van der Waals surface area contributed by atoms with E-state index in [0.29, 0.717) is 18.9 Å². The molecule has 154 valence electrons.